The zero-order valence-electron chi connectivity index (χ0n) is 8.47. The van der Waals surface area contributed by atoms with Crippen LogP contribution in [0.3, 0.4) is 0 Å². The highest BCUT2D eigenvalue weighted by atomic mass is 16.1. The highest BCUT2D eigenvalue weighted by Crippen LogP contribution is 2.14. The number of carbonyl (C=O) groups excluding carboxylic acids is 1. The van der Waals surface area contributed by atoms with Gasteiger partial charge in [-0.2, -0.15) is 0 Å². The van der Waals surface area contributed by atoms with Gasteiger partial charge in [-0.1, -0.05) is 40.0 Å². The minimum atomic E-state index is -0.174. The topological polar surface area (TPSA) is 43.1 Å². The van der Waals surface area contributed by atoms with Gasteiger partial charge in [0, 0.05) is 6.42 Å². The lowest BCUT2D eigenvalue weighted by molar-refractivity contribution is -0.118. The van der Waals surface area contributed by atoms with Gasteiger partial charge < -0.3 is 5.73 Å². The summed E-state index contributed by atoms with van der Waals surface area (Å²) in [7, 11) is 0. The maximum absolute atomic E-state index is 10.5. The van der Waals surface area contributed by atoms with Crippen LogP contribution in [0, 0.1) is 11.8 Å². The largest absolute Gasteiger partial charge is 0.370 e. The maximum atomic E-state index is 10.5. The molecule has 0 aromatic carbocycles. The van der Waals surface area contributed by atoms with E-state index >= 15 is 0 Å². The molecule has 12 heavy (non-hydrogen) atoms. The molecule has 2 heteroatoms. The van der Waals surface area contributed by atoms with Crippen molar-refractivity contribution in [3.05, 3.63) is 0 Å². The number of carbonyl (C=O) groups is 1. The molecule has 0 aliphatic rings. The molecule has 0 aromatic heterocycles. The van der Waals surface area contributed by atoms with Gasteiger partial charge in [-0.05, 0) is 11.8 Å². The highest BCUT2D eigenvalue weighted by molar-refractivity contribution is 5.73. The summed E-state index contributed by atoms with van der Waals surface area (Å²) < 4.78 is 0. The molecule has 0 aliphatic carbocycles. The van der Waals surface area contributed by atoms with Gasteiger partial charge in [0.2, 0.25) is 5.91 Å². The molecule has 0 saturated carbocycles. The number of rotatable bonds is 6. The van der Waals surface area contributed by atoms with Gasteiger partial charge in [0.15, 0.2) is 0 Å². The van der Waals surface area contributed by atoms with Crippen LogP contribution in [0.15, 0.2) is 0 Å². The Bertz CT molecular complexity index is 132. The molecule has 0 saturated heterocycles. The van der Waals surface area contributed by atoms with E-state index in [0.717, 1.165) is 12.3 Å². The Kier molecular flexibility index (Phi) is 5.77. The molecule has 1 atom stereocenters. The van der Waals surface area contributed by atoms with Gasteiger partial charge in [-0.25, -0.2) is 0 Å². The summed E-state index contributed by atoms with van der Waals surface area (Å²) in [5, 5.41) is 0. The molecule has 0 spiro atoms. The van der Waals surface area contributed by atoms with E-state index in [1.165, 1.54) is 12.8 Å². The fourth-order valence-electron chi connectivity index (χ4n) is 1.32. The van der Waals surface area contributed by atoms with Crippen molar-refractivity contribution in [1.29, 1.82) is 0 Å². The number of hydrogen-bond acceptors (Lipinski definition) is 1. The third-order valence-corrected chi connectivity index (χ3v) is 2.03. The molecular formula is C10H21NO. The summed E-state index contributed by atoms with van der Waals surface area (Å²) in [4.78, 5) is 10.5. The van der Waals surface area contributed by atoms with Crippen molar-refractivity contribution >= 4 is 5.91 Å². The summed E-state index contributed by atoms with van der Waals surface area (Å²) in [5.41, 5.74) is 5.09. The standard InChI is InChI=1S/C10H21NO/c1-8(2)5-4-6-9(3)7-10(11)12/h8-9H,4-7H2,1-3H3,(H2,11,12). The van der Waals surface area contributed by atoms with Gasteiger partial charge in [0.05, 0.1) is 0 Å². The zero-order valence-corrected chi connectivity index (χ0v) is 8.47. The van der Waals surface area contributed by atoms with Crippen molar-refractivity contribution in [1.82, 2.24) is 0 Å². The number of amides is 1. The molecule has 0 radical (unpaired) electrons. The summed E-state index contributed by atoms with van der Waals surface area (Å²) >= 11 is 0. The summed E-state index contributed by atoms with van der Waals surface area (Å²) in [5.74, 6) is 1.05. The molecule has 0 rings (SSSR count). The second-order valence-electron chi connectivity index (χ2n) is 4.10. The van der Waals surface area contributed by atoms with E-state index < -0.39 is 0 Å². The van der Waals surface area contributed by atoms with Gasteiger partial charge in [-0.15, -0.1) is 0 Å². The molecular weight excluding hydrogens is 150 g/mol. The predicted octanol–water partition coefficient (Wildman–Crippen LogP) is 2.32. The molecule has 0 heterocycles. The minimum absolute atomic E-state index is 0.174. The second-order valence-corrected chi connectivity index (χ2v) is 4.10. The van der Waals surface area contributed by atoms with Crippen LogP contribution < -0.4 is 5.73 Å². The quantitative estimate of drug-likeness (QED) is 0.655. The van der Waals surface area contributed by atoms with Crippen molar-refractivity contribution in [2.24, 2.45) is 17.6 Å². The lowest BCUT2D eigenvalue weighted by atomic mass is 9.97. The van der Waals surface area contributed by atoms with Crippen LogP contribution in [0.5, 0.6) is 0 Å². The van der Waals surface area contributed by atoms with Crippen LogP contribution >= 0.6 is 0 Å². The Morgan fingerprint density at radius 2 is 1.83 bits per heavy atom. The number of primary amides is 1. The van der Waals surface area contributed by atoms with E-state index in [2.05, 4.69) is 20.8 Å². The van der Waals surface area contributed by atoms with E-state index in [0.29, 0.717) is 12.3 Å². The Labute approximate surface area is 75.5 Å². The molecule has 1 unspecified atom stereocenters. The van der Waals surface area contributed by atoms with Crippen LogP contribution in [-0.2, 0) is 4.79 Å². The van der Waals surface area contributed by atoms with Crippen molar-refractivity contribution in [3.63, 3.8) is 0 Å². The van der Waals surface area contributed by atoms with E-state index in [4.69, 9.17) is 5.73 Å². The predicted molar refractivity (Wildman–Crippen MR) is 51.7 cm³/mol. The monoisotopic (exact) mass is 171 g/mol. The van der Waals surface area contributed by atoms with Crippen LogP contribution in [0.25, 0.3) is 0 Å². The first kappa shape index (κ1) is 11.5. The first-order valence-electron chi connectivity index (χ1n) is 4.80. The van der Waals surface area contributed by atoms with Gasteiger partial charge in [-0.3, -0.25) is 4.79 Å². The molecule has 1 amide bonds. The lowest BCUT2D eigenvalue weighted by Gasteiger charge is -2.09. The maximum Gasteiger partial charge on any atom is 0.217 e. The van der Waals surface area contributed by atoms with Gasteiger partial charge >= 0.3 is 0 Å². The zero-order chi connectivity index (χ0) is 9.56. The molecule has 0 fully saturated rings. The van der Waals surface area contributed by atoms with Crippen LogP contribution in [0.2, 0.25) is 0 Å². The van der Waals surface area contributed by atoms with Crippen LogP contribution in [0.4, 0.5) is 0 Å². The van der Waals surface area contributed by atoms with E-state index in [1.54, 1.807) is 0 Å². The molecule has 0 aliphatic heterocycles. The van der Waals surface area contributed by atoms with Gasteiger partial charge in [0.1, 0.15) is 0 Å². The molecule has 0 bridgehead atoms. The van der Waals surface area contributed by atoms with Crippen LogP contribution in [0.1, 0.15) is 46.5 Å². The van der Waals surface area contributed by atoms with Crippen molar-refractivity contribution < 1.29 is 4.79 Å². The SMILES string of the molecule is CC(C)CCCC(C)CC(N)=O. The number of hydrogen-bond donors (Lipinski definition) is 1. The summed E-state index contributed by atoms with van der Waals surface area (Å²) in [6, 6.07) is 0. The Morgan fingerprint density at radius 3 is 2.25 bits per heavy atom. The Balaban J connectivity index is 3.31. The number of nitrogens with two attached hydrogens (primary N) is 1. The minimum Gasteiger partial charge on any atom is -0.370 e. The normalized spacial score (nSPS) is 13.3. The molecule has 72 valence electrons. The van der Waals surface area contributed by atoms with Crippen molar-refractivity contribution in [2.75, 3.05) is 0 Å². The van der Waals surface area contributed by atoms with E-state index in [9.17, 15) is 4.79 Å². The second kappa shape index (κ2) is 6.04. The van der Waals surface area contributed by atoms with E-state index in [-0.39, 0.29) is 5.91 Å². The fourth-order valence-corrected chi connectivity index (χ4v) is 1.32. The average molecular weight is 171 g/mol. The molecule has 2 N–H and O–H groups in total. The third kappa shape index (κ3) is 7.58. The average Bonchev–Trinajstić information content (AvgIpc) is 1.84. The third-order valence-electron chi connectivity index (χ3n) is 2.03. The van der Waals surface area contributed by atoms with Crippen molar-refractivity contribution in [3.8, 4) is 0 Å². The fraction of sp³-hybridized carbons (Fsp3) is 0.900. The van der Waals surface area contributed by atoms with E-state index in [1.807, 2.05) is 0 Å². The van der Waals surface area contributed by atoms with Crippen LogP contribution in [-0.4, -0.2) is 5.91 Å². The summed E-state index contributed by atoms with van der Waals surface area (Å²) in [6.07, 6.45) is 4.13. The summed E-state index contributed by atoms with van der Waals surface area (Å²) in [6.45, 7) is 6.53. The van der Waals surface area contributed by atoms with Gasteiger partial charge in [0.25, 0.3) is 0 Å². The molecule has 2 nitrogen and oxygen atoms in total. The van der Waals surface area contributed by atoms with Crippen molar-refractivity contribution in [2.45, 2.75) is 46.5 Å². The first-order chi connectivity index (χ1) is 5.52. The highest BCUT2D eigenvalue weighted by Gasteiger charge is 2.05. The Morgan fingerprint density at radius 1 is 1.25 bits per heavy atom. The smallest absolute Gasteiger partial charge is 0.217 e. The Hall–Kier alpha value is -0.530. The lowest BCUT2D eigenvalue weighted by Crippen LogP contribution is -2.14. The molecule has 0 aromatic rings. The first-order valence-corrected chi connectivity index (χ1v) is 4.80.